The predicted molar refractivity (Wildman–Crippen MR) is 101 cm³/mol. The van der Waals surface area contributed by atoms with Crippen LogP contribution in [0.5, 0.6) is 17.2 Å². The van der Waals surface area contributed by atoms with Crippen LogP contribution >= 0.6 is 0 Å². The van der Waals surface area contributed by atoms with E-state index in [-0.39, 0.29) is 12.3 Å². The van der Waals surface area contributed by atoms with Crippen molar-refractivity contribution in [2.24, 2.45) is 4.99 Å². The number of ether oxygens (including phenoxy) is 2. The van der Waals surface area contributed by atoms with Gasteiger partial charge in [0.1, 0.15) is 0 Å². The fourth-order valence-electron chi connectivity index (χ4n) is 2.29. The van der Waals surface area contributed by atoms with E-state index in [1.807, 2.05) is 32.0 Å². The molecule has 0 aliphatic rings. The van der Waals surface area contributed by atoms with Crippen molar-refractivity contribution in [1.82, 2.24) is 5.32 Å². The Balaban J connectivity index is 2.16. The summed E-state index contributed by atoms with van der Waals surface area (Å²) in [5.74, 6) is 0.806. The first-order chi connectivity index (χ1) is 12.6. The molecule has 3 N–H and O–H groups in total. The van der Waals surface area contributed by atoms with Crippen molar-refractivity contribution in [1.29, 1.82) is 0 Å². The number of hydrogen-bond acceptors (Lipinski definition) is 4. The summed E-state index contributed by atoms with van der Waals surface area (Å²) in [6.07, 6.45) is 0. The number of aliphatic imine (C=N–C) groups is 1. The predicted octanol–water partition coefficient (Wildman–Crippen LogP) is 3.52. The number of benzene rings is 2. The molecule has 0 spiro atoms. The molecule has 6 nitrogen and oxygen atoms in total. The van der Waals surface area contributed by atoms with Gasteiger partial charge in [0, 0.05) is 18.3 Å². The number of rotatable bonds is 7. The van der Waals surface area contributed by atoms with Gasteiger partial charge in [-0.25, -0.2) is 9.38 Å². The zero-order valence-electron chi connectivity index (χ0n) is 15.2. The first-order valence-electron chi connectivity index (χ1n) is 8.40. The zero-order valence-corrected chi connectivity index (χ0v) is 15.2. The number of phenols is 1. The summed E-state index contributed by atoms with van der Waals surface area (Å²) in [6.45, 7) is 5.32. The quantitative estimate of drug-likeness (QED) is 0.520. The van der Waals surface area contributed by atoms with Gasteiger partial charge in [0.25, 0.3) is 0 Å². The van der Waals surface area contributed by atoms with Crippen molar-refractivity contribution in [3.05, 3.63) is 47.8 Å². The van der Waals surface area contributed by atoms with Crippen molar-refractivity contribution in [2.45, 2.75) is 20.4 Å². The van der Waals surface area contributed by atoms with E-state index in [1.54, 1.807) is 13.2 Å². The molecule has 7 heteroatoms. The number of phenolic OH excluding ortho intramolecular Hbond substituents is 1. The summed E-state index contributed by atoms with van der Waals surface area (Å²) in [5.41, 5.74) is 1.44. The van der Waals surface area contributed by atoms with Gasteiger partial charge in [0.15, 0.2) is 29.0 Å². The van der Waals surface area contributed by atoms with Gasteiger partial charge in [-0.05, 0) is 43.7 Å². The lowest BCUT2D eigenvalue weighted by molar-refractivity contribution is 0.311. The third kappa shape index (κ3) is 5.27. The lowest BCUT2D eigenvalue weighted by Gasteiger charge is -2.14. The van der Waals surface area contributed by atoms with Gasteiger partial charge in [0.05, 0.1) is 20.3 Å². The Morgan fingerprint density at radius 3 is 2.62 bits per heavy atom. The van der Waals surface area contributed by atoms with E-state index in [0.717, 1.165) is 5.69 Å². The second kappa shape index (κ2) is 9.50. The van der Waals surface area contributed by atoms with Gasteiger partial charge in [-0.3, -0.25) is 0 Å². The Labute approximate surface area is 152 Å². The van der Waals surface area contributed by atoms with E-state index >= 15 is 0 Å². The Hall–Kier alpha value is -2.96. The van der Waals surface area contributed by atoms with Crippen LogP contribution in [0.2, 0.25) is 0 Å². The highest BCUT2D eigenvalue weighted by atomic mass is 19.1. The van der Waals surface area contributed by atoms with E-state index in [9.17, 15) is 9.50 Å². The second-order valence-corrected chi connectivity index (χ2v) is 5.40. The first kappa shape index (κ1) is 19.4. The van der Waals surface area contributed by atoms with Crippen molar-refractivity contribution < 1.29 is 19.0 Å². The van der Waals surface area contributed by atoms with Crippen LogP contribution in [0, 0.1) is 5.82 Å². The molecule has 0 bridgehead atoms. The van der Waals surface area contributed by atoms with Crippen LogP contribution in [0.1, 0.15) is 19.4 Å². The van der Waals surface area contributed by atoms with Crippen LogP contribution in [-0.4, -0.2) is 31.3 Å². The molecule has 0 saturated heterocycles. The summed E-state index contributed by atoms with van der Waals surface area (Å²) in [7, 11) is 1.59. The normalized spacial score (nSPS) is 11.2. The average Bonchev–Trinajstić information content (AvgIpc) is 2.63. The average molecular weight is 361 g/mol. The zero-order chi connectivity index (χ0) is 18.9. The molecule has 0 saturated carbocycles. The van der Waals surface area contributed by atoms with Crippen LogP contribution in [0.4, 0.5) is 10.1 Å². The molecule has 0 aliphatic heterocycles. The smallest absolute Gasteiger partial charge is 0.196 e. The molecule has 2 aromatic rings. The minimum absolute atomic E-state index is 0.265. The third-order valence-corrected chi connectivity index (χ3v) is 3.50. The number of nitrogens with zero attached hydrogens (tertiary/aromatic N) is 1. The topological polar surface area (TPSA) is 75.1 Å². The molecular formula is C19H24FN3O3. The van der Waals surface area contributed by atoms with Crippen molar-refractivity contribution >= 4 is 11.6 Å². The summed E-state index contributed by atoms with van der Waals surface area (Å²) in [4.78, 5) is 4.44. The molecule has 0 atom stereocenters. The van der Waals surface area contributed by atoms with Gasteiger partial charge in [-0.15, -0.1) is 0 Å². The molecule has 2 rings (SSSR count). The molecule has 0 aromatic heterocycles. The van der Waals surface area contributed by atoms with E-state index in [0.29, 0.717) is 36.2 Å². The van der Waals surface area contributed by atoms with E-state index < -0.39 is 5.82 Å². The Morgan fingerprint density at radius 2 is 1.96 bits per heavy atom. The SMILES string of the molecule is CCNC(=NCc1ccc(O)c(F)c1)Nc1ccc(OC)c(OCC)c1. The fourth-order valence-corrected chi connectivity index (χ4v) is 2.29. The van der Waals surface area contributed by atoms with Crippen LogP contribution in [0.3, 0.4) is 0 Å². The number of hydrogen-bond donors (Lipinski definition) is 3. The van der Waals surface area contributed by atoms with Crippen molar-refractivity contribution in [2.75, 3.05) is 25.6 Å². The molecule has 0 amide bonds. The molecule has 0 radical (unpaired) electrons. The highest BCUT2D eigenvalue weighted by Crippen LogP contribution is 2.30. The molecule has 0 fully saturated rings. The standard InChI is InChI=1S/C19H24FN3O3/c1-4-21-19(22-12-13-6-8-16(24)15(20)10-13)23-14-7-9-17(25-3)18(11-14)26-5-2/h6-11,24H,4-5,12H2,1-3H3,(H2,21,22,23). The summed E-state index contributed by atoms with van der Waals surface area (Å²) in [5, 5.41) is 15.6. The van der Waals surface area contributed by atoms with Crippen LogP contribution in [0.25, 0.3) is 0 Å². The number of halogens is 1. The number of aromatic hydroxyl groups is 1. The van der Waals surface area contributed by atoms with E-state index in [1.165, 1.54) is 12.1 Å². The molecule has 0 heterocycles. The largest absolute Gasteiger partial charge is 0.505 e. The first-order valence-corrected chi connectivity index (χ1v) is 8.40. The molecule has 26 heavy (non-hydrogen) atoms. The number of guanidine groups is 1. The van der Waals surface area contributed by atoms with Gasteiger partial charge >= 0.3 is 0 Å². The molecule has 140 valence electrons. The maximum Gasteiger partial charge on any atom is 0.196 e. The molecule has 2 aromatic carbocycles. The lowest BCUT2D eigenvalue weighted by atomic mass is 10.2. The summed E-state index contributed by atoms with van der Waals surface area (Å²) in [6, 6.07) is 9.71. The Bertz CT molecular complexity index is 766. The minimum Gasteiger partial charge on any atom is -0.505 e. The minimum atomic E-state index is -0.660. The fraction of sp³-hybridized carbons (Fsp3) is 0.316. The maximum atomic E-state index is 13.4. The van der Waals surface area contributed by atoms with Gasteiger partial charge in [-0.2, -0.15) is 0 Å². The number of methoxy groups -OCH3 is 1. The van der Waals surface area contributed by atoms with Crippen LogP contribution in [-0.2, 0) is 6.54 Å². The summed E-state index contributed by atoms with van der Waals surface area (Å²) >= 11 is 0. The molecule has 0 unspecified atom stereocenters. The summed E-state index contributed by atoms with van der Waals surface area (Å²) < 4.78 is 24.3. The second-order valence-electron chi connectivity index (χ2n) is 5.40. The monoisotopic (exact) mass is 361 g/mol. The lowest BCUT2D eigenvalue weighted by Crippen LogP contribution is -2.30. The molecular weight excluding hydrogens is 337 g/mol. The Kier molecular flexibility index (Phi) is 7.08. The van der Waals surface area contributed by atoms with Gasteiger partial charge in [-0.1, -0.05) is 6.07 Å². The number of anilines is 1. The molecule has 0 aliphatic carbocycles. The van der Waals surface area contributed by atoms with Crippen molar-refractivity contribution in [3.8, 4) is 17.2 Å². The van der Waals surface area contributed by atoms with Gasteiger partial charge in [0.2, 0.25) is 0 Å². The van der Waals surface area contributed by atoms with E-state index in [4.69, 9.17) is 9.47 Å². The maximum absolute atomic E-state index is 13.4. The van der Waals surface area contributed by atoms with Crippen LogP contribution < -0.4 is 20.1 Å². The van der Waals surface area contributed by atoms with Gasteiger partial charge < -0.3 is 25.2 Å². The van der Waals surface area contributed by atoms with E-state index in [2.05, 4.69) is 15.6 Å². The third-order valence-electron chi connectivity index (χ3n) is 3.50. The van der Waals surface area contributed by atoms with Crippen LogP contribution in [0.15, 0.2) is 41.4 Å². The number of nitrogens with one attached hydrogen (secondary N) is 2. The van der Waals surface area contributed by atoms with Crippen molar-refractivity contribution in [3.63, 3.8) is 0 Å². The Morgan fingerprint density at radius 1 is 1.15 bits per heavy atom. The highest BCUT2D eigenvalue weighted by molar-refractivity contribution is 5.93. The highest BCUT2D eigenvalue weighted by Gasteiger charge is 2.07.